The van der Waals surface area contributed by atoms with Gasteiger partial charge in [-0.3, -0.25) is 14.6 Å². The lowest BCUT2D eigenvalue weighted by Crippen LogP contribution is -2.42. The number of hydrogen-bond acceptors (Lipinski definition) is 7. The van der Waals surface area contributed by atoms with Crippen molar-refractivity contribution < 1.29 is 28.2 Å². The first-order chi connectivity index (χ1) is 16.0. The number of benzene rings is 1. The number of esters is 1. The number of cyclic esters (lactones) is 1. The Hall–Kier alpha value is -4.08. The summed E-state index contributed by atoms with van der Waals surface area (Å²) in [6, 6.07) is 5.84. The van der Waals surface area contributed by atoms with Crippen molar-refractivity contribution in [3.8, 4) is 22.8 Å². The van der Waals surface area contributed by atoms with Crippen molar-refractivity contribution in [1.29, 1.82) is 0 Å². The van der Waals surface area contributed by atoms with Crippen LogP contribution in [0.4, 0.5) is 15.8 Å². The molecule has 3 bridgehead atoms. The Morgan fingerprint density at radius 2 is 2.03 bits per heavy atom. The molecule has 3 aromatic rings. The van der Waals surface area contributed by atoms with Crippen molar-refractivity contribution in [2.45, 2.75) is 18.9 Å². The predicted octanol–water partition coefficient (Wildman–Crippen LogP) is 2.95. The molecule has 0 spiro atoms. The van der Waals surface area contributed by atoms with Gasteiger partial charge in [0.1, 0.15) is 19.0 Å². The molecule has 1 amide bonds. The third kappa shape index (κ3) is 3.84. The number of amides is 1. The Morgan fingerprint density at radius 1 is 1.18 bits per heavy atom. The topological polar surface area (TPSA) is 115 Å². The number of methoxy groups -OCH3 is 1. The van der Waals surface area contributed by atoms with Crippen molar-refractivity contribution in [3.63, 3.8) is 0 Å². The van der Waals surface area contributed by atoms with Crippen LogP contribution < -0.4 is 20.1 Å². The Balaban J connectivity index is 1.69. The molecule has 5 rings (SSSR count). The molecule has 2 aromatic heterocycles. The van der Waals surface area contributed by atoms with Crippen molar-refractivity contribution in [3.05, 3.63) is 53.7 Å². The van der Waals surface area contributed by atoms with Gasteiger partial charge in [0.15, 0.2) is 11.6 Å². The summed E-state index contributed by atoms with van der Waals surface area (Å²) in [5, 5.41) is 6.06. The van der Waals surface area contributed by atoms with Gasteiger partial charge in [0, 0.05) is 29.9 Å². The number of nitrogens with zero attached hydrogens (tertiary/aromatic N) is 1. The van der Waals surface area contributed by atoms with Crippen LogP contribution >= 0.6 is 0 Å². The van der Waals surface area contributed by atoms with E-state index in [9.17, 15) is 14.0 Å². The second-order valence-electron chi connectivity index (χ2n) is 7.69. The zero-order valence-corrected chi connectivity index (χ0v) is 17.7. The molecule has 0 aliphatic carbocycles. The zero-order valence-electron chi connectivity index (χ0n) is 17.7. The number of aromatic amines is 1. The van der Waals surface area contributed by atoms with Gasteiger partial charge in [0.2, 0.25) is 0 Å². The van der Waals surface area contributed by atoms with Crippen LogP contribution in [0.3, 0.4) is 0 Å². The first kappa shape index (κ1) is 20.8. The minimum absolute atomic E-state index is 0.0239. The fourth-order valence-corrected chi connectivity index (χ4v) is 4.18. The van der Waals surface area contributed by atoms with E-state index in [0.717, 1.165) is 0 Å². The maximum atomic E-state index is 14.3. The van der Waals surface area contributed by atoms with Crippen molar-refractivity contribution in [2.24, 2.45) is 0 Å². The monoisotopic (exact) mass is 452 g/mol. The molecule has 10 heteroatoms. The summed E-state index contributed by atoms with van der Waals surface area (Å²) >= 11 is 0. The van der Waals surface area contributed by atoms with Crippen molar-refractivity contribution in [2.75, 3.05) is 25.6 Å². The quantitative estimate of drug-likeness (QED) is 0.524. The van der Waals surface area contributed by atoms with Gasteiger partial charge in [0.05, 0.1) is 42.4 Å². The first-order valence-corrected chi connectivity index (χ1v) is 10.4. The predicted molar refractivity (Wildman–Crippen MR) is 116 cm³/mol. The number of anilines is 2. The maximum Gasteiger partial charge on any atom is 0.308 e. The maximum absolute atomic E-state index is 14.3. The summed E-state index contributed by atoms with van der Waals surface area (Å²) in [6.07, 6.45) is 3.59. The van der Waals surface area contributed by atoms with E-state index in [-0.39, 0.29) is 31.3 Å². The molecule has 9 nitrogen and oxygen atoms in total. The van der Waals surface area contributed by atoms with Gasteiger partial charge in [-0.2, -0.15) is 0 Å². The molecule has 4 heterocycles. The molecule has 170 valence electrons. The van der Waals surface area contributed by atoms with Crippen LogP contribution in [0.5, 0.6) is 11.5 Å². The van der Waals surface area contributed by atoms with Gasteiger partial charge in [-0.1, -0.05) is 6.07 Å². The van der Waals surface area contributed by atoms with Gasteiger partial charge < -0.3 is 29.8 Å². The van der Waals surface area contributed by atoms with E-state index in [1.807, 2.05) is 0 Å². The number of carbonyl (C=O) groups excluding carboxylic acids is 2. The molecule has 2 aliphatic heterocycles. The number of rotatable bonds is 3. The fourth-order valence-electron chi connectivity index (χ4n) is 4.18. The van der Waals surface area contributed by atoms with Gasteiger partial charge >= 0.3 is 5.97 Å². The number of para-hydroxylation sites is 1. The molecule has 1 atom stereocenters. The highest BCUT2D eigenvalue weighted by molar-refractivity contribution is 6.07. The normalized spacial score (nSPS) is 17.5. The Morgan fingerprint density at radius 3 is 2.88 bits per heavy atom. The lowest BCUT2D eigenvalue weighted by molar-refractivity contribution is -0.144. The van der Waals surface area contributed by atoms with Crippen LogP contribution in [0.2, 0.25) is 0 Å². The number of halogens is 1. The van der Waals surface area contributed by atoms with Crippen molar-refractivity contribution in [1.82, 2.24) is 15.3 Å². The molecule has 2 aliphatic rings. The average molecular weight is 452 g/mol. The molecular weight excluding hydrogens is 431 g/mol. The Kier molecular flexibility index (Phi) is 5.33. The fraction of sp³-hybridized carbons (Fsp3) is 0.261. The summed E-state index contributed by atoms with van der Waals surface area (Å²) < 4.78 is 30.6. The number of aromatic nitrogens is 2. The smallest absolute Gasteiger partial charge is 0.308 e. The SMILES string of the molecule is COc1c(F)cccc1Nc1c2[nH]c3c1C(=O)N[C@H](CC(=O)OCCOc1cnccc1-2)C3. The van der Waals surface area contributed by atoms with Crippen LogP contribution in [-0.2, 0) is 16.0 Å². The molecule has 0 fully saturated rings. The molecule has 0 saturated carbocycles. The van der Waals surface area contributed by atoms with Crippen LogP contribution in [0.15, 0.2) is 36.7 Å². The molecule has 3 N–H and O–H groups in total. The molecular formula is C23H21FN4O5. The number of H-pyrrole nitrogens is 1. The van der Waals surface area contributed by atoms with Crippen molar-refractivity contribution >= 4 is 23.3 Å². The lowest BCUT2D eigenvalue weighted by Gasteiger charge is -2.24. The van der Waals surface area contributed by atoms with E-state index in [4.69, 9.17) is 14.2 Å². The van der Waals surface area contributed by atoms with E-state index in [1.54, 1.807) is 30.6 Å². The van der Waals surface area contributed by atoms with E-state index in [0.29, 0.717) is 46.1 Å². The van der Waals surface area contributed by atoms with E-state index in [2.05, 4.69) is 20.6 Å². The summed E-state index contributed by atoms with van der Waals surface area (Å²) in [5.74, 6) is -0.851. The molecule has 1 aromatic carbocycles. The minimum Gasteiger partial charge on any atom is -0.492 e. The number of pyridine rings is 1. The number of carbonyl (C=O) groups is 2. The number of hydrogen-bond donors (Lipinski definition) is 3. The van der Waals surface area contributed by atoms with E-state index < -0.39 is 17.8 Å². The van der Waals surface area contributed by atoms with Crippen LogP contribution in [0.25, 0.3) is 11.3 Å². The number of ether oxygens (including phenoxy) is 3. The third-order valence-corrected chi connectivity index (χ3v) is 5.59. The standard InChI is InChI=1S/C23H21FN4O5/c1-31-22-14(24)3-2-4-15(22)27-21-19-16-9-12(26-23(19)30)10-18(29)33-8-7-32-17-11-25-6-5-13(17)20(21)28-16/h2-6,11-12,27-28H,7-10H2,1H3,(H,26,30)/t12-/m0/s1. The molecule has 0 saturated heterocycles. The molecule has 0 radical (unpaired) electrons. The summed E-state index contributed by atoms with van der Waals surface area (Å²) in [4.78, 5) is 32.8. The van der Waals surface area contributed by atoms with Gasteiger partial charge in [-0.25, -0.2) is 4.39 Å². The summed E-state index contributed by atoms with van der Waals surface area (Å²) in [5.41, 5.74) is 3.04. The summed E-state index contributed by atoms with van der Waals surface area (Å²) in [7, 11) is 1.38. The van der Waals surface area contributed by atoms with Crippen LogP contribution in [-0.4, -0.2) is 48.2 Å². The zero-order chi connectivity index (χ0) is 22.9. The van der Waals surface area contributed by atoms with Gasteiger partial charge in [-0.15, -0.1) is 0 Å². The Bertz CT molecular complexity index is 1240. The van der Waals surface area contributed by atoms with Crippen LogP contribution in [0, 0.1) is 5.82 Å². The summed E-state index contributed by atoms with van der Waals surface area (Å²) in [6.45, 7) is 0.211. The average Bonchev–Trinajstić information content (AvgIpc) is 3.15. The molecule has 33 heavy (non-hydrogen) atoms. The number of fused-ring (bicyclic) bond motifs is 4. The van der Waals surface area contributed by atoms with E-state index in [1.165, 1.54) is 13.2 Å². The Labute approximate surface area is 188 Å². The van der Waals surface area contributed by atoms with Gasteiger partial charge in [0.25, 0.3) is 5.91 Å². The lowest BCUT2D eigenvalue weighted by atomic mass is 9.98. The molecule has 0 unspecified atom stereocenters. The van der Waals surface area contributed by atoms with E-state index >= 15 is 0 Å². The van der Waals surface area contributed by atoms with Gasteiger partial charge in [-0.05, 0) is 18.2 Å². The largest absolute Gasteiger partial charge is 0.492 e. The highest BCUT2D eigenvalue weighted by atomic mass is 19.1. The highest BCUT2D eigenvalue weighted by Crippen LogP contribution is 2.42. The first-order valence-electron chi connectivity index (χ1n) is 10.4. The second-order valence-corrected chi connectivity index (χ2v) is 7.69. The second kappa shape index (κ2) is 8.45. The number of nitrogens with one attached hydrogen (secondary N) is 3. The minimum atomic E-state index is -0.536. The highest BCUT2D eigenvalue weighted by Gasteiger charge is 2.34. The van der Waals surface area contributed by atoms with Crippen LogP contribution in [0.1, 0.15) is 22.5 Å². The third-order valence-electron chi connectivity index (χ3n) is 5.59.